The first-order chi connectivity index (χ1) is 15.0. The number of carbonyl (C=O) groups is 1. The summed E-state index contributed by atoms with van der Waals surface area (Å²) in [5, 5.41) is 11.8. The van der Waals surface area contributed by atoms with Crippen molar-refractivity contribution in [1.82, 2.24) is 9.97 Å². The average Bonchev–Trinajstić information content (AvgIpc) is 3.08. The highest BCUT2D eigenvalue weighted by molar-refractivity contribution is 6.08. The molecule has 31 heavy (non-hydrogen) atoms. The number of carbonyl (C=O) groups excluding carboxylic acids is 1. The lowest BCUT2D eigenvalue weighted by Gasteiger charge is -2.17. The van der Waals surface area contributed by atoms with Gasteiger partial charge in [-0.2, -0.15) is 0 Å². The molecule has 6 heteroatoms. The highest BCUT2D eigenvalue weighted by Gasteiger charge is 2.29. The number of aromatic nitrogens is 2. The number of hydrogen-bond donors (Lipinski definition) is 3. The number of benzene rings is 2. The van der Waals surface area contributed by atoms with Crippen LogP contribution in [0.1, 0.15) is 29.8 Å². The van der Waals surface area contributed by atoms with Gasteiger partial charge in [0.25, 0.3) is 5.91 Å². The number of rotatable bonds is 4. The van der Waals surface area contributed by atoms with E-state index in [4.69, 9.17) is 0 Å². The van der Waals surface area contributed by atoms with Crippen LogP contribution in [0.3, 0.4) is 0 Å². The molecule has 0 bridgehead atoms. The number of anilines is 4. The van der Waals surface area contributed by atoms with Crippen molar-refractivity contribution < 1.29 is 4.79 Å². The van der Waals surface area contributed by atoms with Gasteiger partial charge in [0.1, 0.15) is 5.82 Å². The molecule has 4 aromatic rings. The fraction of sp³-hybridized carbons (Fsp3) is 0.160. The minimum Gasteiger partial charge on any atom is -0.384 e. The van der Waals surface area contributed by atoms with E-state index in [0.29, 0.717) is 11.4 Å². The van der Waals surface area contributed by atoms with Crippen molar-refractivity contribution in [3.63, 3.8) is 0 Å². The van der Waals surface area contributed by atoms with E-state index in [0.717, 1.165) is 34.4 Å². The molecular formula is C25H23N5O. The Hall–Kier alpha value is -3.93. The lowest BCUT2D eigenvalue weighted by Crippen LogP contribution is -2.18. The highest BCUT2D eigenvalue weighted by atomic mass is 16.1. The Bertz CT molecular complexity index is 1300. The Morgan fingerprint density at radius 2 is 1.87 bits per heavy atom. The van der Waals surface area contributed by atoms with Crippen LogP contribution in [-0.2, 0) is 5.41 Å². The Morgan fingerprint density at radius 1 is 1.00 bits per heavy atom. The second-order valence-corrected chi connectivity index (χ2v) is 8.41. The van der Waals surface area contributed by atoms with E-state index >= 15 is 0 Å². The summed E-state index contributed by atoms with van der Waals surface area (Å²) in [7, 11) is 0. The molecular weight excluding hydrogens is 386 g/mol. The zero-order valence-corrected chi connectivity index (χ0v) is 17.4. The summed E-state index contributed by atoms with van der Waals surface area (Å²) in [6.45, 7) is 5.30. The van der Waals surface area contributed by atoms with Crippen molar-refractivity contribution in [2.24, 2.45) is 0 Å². The van der Waals surface area contributed by atoms with Crippen molar-refractivity contribution in [2.45, 2.75) is 19.3 Å². The second-order valence-electron chi connectivity index (χ2n) is 8.41. The highest BCUT2D eigenvalue weighted by Crippen LogP contribution is 2.37. The Kier molecular flexibility index (Phi) is 4.55. The fourth-order valence-electron chi connectivity index (χ4n) is 3.96. The lowest BCUT2D eigenvalue weighted by molar-refractivity contribution is 0.102. The topological polar surface area (TPSA) is 78.9 Å². The fourth-order valence-corrected chi connectivity index (χ4v) is 3.96. The molecule has 2 aromatic carbocycles. The van der Waals surface area contributed by atoms with Gasteiger partial charge in [0.15, 0.2) is 0 Å². The largest absolute Gasteiger partial charge is 0.384 e. The molecule has 1 aliphatic rings. The van der Waals surface area contributed by atoms with Gasteiger partial charge in [-0.1, -0.05) is 26.0 Å². The minimum absolute atomic E-state index is 0.0910. The third kappa shape index (κ3) is 3.68. The first-order valence-corrected chi connectivity index (χ1v) is 10.3. The molecule has 0 unspecified atom stereocenters. The standard InChI is InChI=1S/C25H23N5O/c1-25(2)15-28-22-13-19(7-8-21(22)25)30-24(31)20-4-3-10-27-23(20)29-18-6-5-16-9-11-26-14-17(16)12-18/h3-14,28H,15H2,1-2H3,(H,27,29)(H,30,31). The first kappa shape index (κ1) is 19.1. The smallest absolute Gasteiger partial charge is 0.259 e. The van der Waals surface area contributed by atoms with Crippen molar-refractivity contribution in [2.75, 3.05) is 22.5 Å². The molecule has 2 aromatic heterocycles. The van der Waals surface area contributed by atoms with Gasteiger partial charge in [0, 0.05) is 53.0 Å². The van der Waals surface area contributed by atoms with Gasteiger partial charge in [-0.15, -0.1) is 0 Å². The molecule has 0 spiro atoms. The normalized spacial score (nSPS) is 14.0. The average molecular weight is 409 g/mol. The van der Waals surface area contributed by atoms with Gasteiger partial charge >= 0.3 is 0 Å². The predicted octanol–water partition coefficient (Wildman–Crippen LogP) is 5.33. The van der Waals surface area contributed by atoms with E-state index in [-0.39, 0.29) is 11.3 Å². The van der Waals surface area contributed by atoms with Crippen LogP contribution >= 0.6 is 0 Å². The molecule has 0 radical (unpaired) electrons. The van der Waals surface area contributed by atoms with E-state index in [1.807, 2.05) is 42.6 Å². The van der Waals surface area contributed by atoms with Crippen LogP contribution in [0, 0.1) is 0 Å². The van der Waals surface area contributed by atoms with Crippen LogP contribution in [0.2, 0.25) is 0 Å². The SMILES string of the molecule is CC1(C)CNc2cc(NC(=O)c3cccnc3Nc3ccc4ccncc4c3)ccc21. The zero-order chi connectivity index (χ0) is 21.4. The maximum absolute atomic E-state index is 13.0. The van der Waals surface area contributed by atoms with Crippen LogP contribution in [0.4, 0.5) is 22.9 Å². The van der Waals surface area contributed by atoms with Crippen molar-refractivity contribution in [3.8, 4) is 0 Å². The van der Waals surface area contributed by atoms with Gasteiger partial charge in [-0.25, -0.2) is 4.98 Å². The number of nitrogens with zero attached hydrogens (tertiary/aromatic N) is 2. The van der Waals surface area contributed by atoms with E-state index in [1.165, 1.54) is 5.56 Å². The number of hydrogen-bond acceptors (Lipinski definition) is 5. The Balaban J connectivity index is 1.39. The van der Waals surface area contributed by atoms with Gasteiger partial charge in [-0.05, 0) is 53.4 Å². The van der Waals surface area contributed by atoms with E-state index in [2.05, 4.69) is 45.8 Å². The molecule has 0 saturated carbocycles. The van der Waals surface area contributed by atoms with Gasteiger partial charge in [-0.3, -0.25) is 9.78 Å². The summed E-state index contributed by atoms with van der Waals surface area (Å²) >= 11 is 0. The van der Waals surface area contributed by atoms with Crippen molar-refractivity contribution in [1.29, 1.82) is 0 Å². The summed E-state index contributed by atoms with van der Waals surface area (Å²) < 4.78 is 0. The monoisotopic (exact) mass is 409 g/mol. The molecule has 0 fully saturated rings. The Labute approximate surface area is 180 Å². The molecule has 0 atom stereocenters. The van der Waals surface area contributed by atoms with Crippen LogP contribution < -0.4 is 16.0 Å². The first-order valence-electron chi connectivity index (χ1n) is 10.3. The summed E-state index contributed by atoms with van der Waals surface area (Å²) in [6, 6.07) is 17.5. The third-order valence-electron chi connectivity index (χ3n) is 5.68. The maximum Gasteiger partial charge on any atom is 0.259 e. The number of amides is 1. The van der Waals surface area contributed by atoms with Gasteiger partial charge < -0.3 is 16.0 Å². The zero-order valence-electron chi connectivity index (χ0n) is 17.4. The third-order valence-corrected chi connectivity index (χ3v) is 5.68. The molecule has 0 saturated heterocycles. The molecule has 0 aliphatic carbocycles. The van der Waals surface area contributed by atoms with E-state index < -0.39 is 0 Å². The quantitative estimate of drug-likeness (QED) is 0.425. The number of nitrogens with one attached hydrogen (secondary N) is 3. The summed E-state index contributed by atoms with van der Waals surface area (Å²) in [6.07, 6.45) is 5.25. The summed E-state index contributed by atoms with van der Waals surface area (Å²) in [5.74, 6) is 0.291. The maximum atomic E-state index is 13.0. The molecule has 1 amide bonds. The van der Waals surface area contributed by atoms with E-state index in [9.17, 15) is 4.79 Å². The molecule has 3 heterocycles. The summed E-state index contributed by atoms with van der Waals surface area (Å²) in [5.41, 5.74) is 4.49. The summed E-state index contributed by atoms with van der Waals surface area (Å²) in [4.78, 5) is 21.6. The number of fused-ring (bicyclic) bond motifs is 2. The van der Waals surface area contributed by atoms with Gasteiger partial charge in [0.05, 0.1) is 5.56 Å². The molecule has 1 aliphatic heterocycles. The van der Waals surface area contributed by atoms with Crippen molar-refractivity contribution >= 4 is 39.6 Å². The van der Waals surface area contributed by atoms with Crippen molar-refractivity contribution in [3.05, 3.63) is 84.3 Å². The van der Waals surface area contributed by atoms with Crippen LogP contribution in [0.15, 0.2) is 73.2 Å². The lowest BCUT2D eigenvalue weighted by atomic mass is 9.87. The second kappa shape index (κ2) is 7.40. The minimum atomic E-state index is -0.213. The predicted molar refractivity (Wildman–Crippen MR) is 125 cm³/mol. The molecule has 5 rings (SSSR count). The van der Waals surface area contributed by atoms with Crippen LogP contribution in [-0.4, -0.2) is 22.4 Å². The molecule has 3 N–H and O–H groups in total. The van der Waals surface area contributed by atoms with Gasteiger partial charge in [0.2, 0.25) is 0 Å². The number of pyridine rings is 2. The van der Waals surface area contributed by atoms with E-state index in [1.54, 1.807) is 24.5 Å². The molecule has 154 valence electrons. The van der Waals surface area contributed by atoms with Crippen LogP contribution in [0.5, 0.6) is 0 Å². The van der Waals surface area contributed by atoms with Crippen LogP contribution in [0.25, 0.3) is 10.8 Å². The molecule has 6 nitrogen and oxygen atoms in total. The Morgan fingerprint density at radius 3 is 2.77 bits per heavy atom.